The van der Waals surface area contributed by atoms with Crippen molar-refractivity contribution in [3.8, 4) is 0 Å². The van der Waals surface area contributed by atoms with E-state index in [1.165, 1.54) is 5.56 Å². The van der Waals surface area contributed by atoms with Crippen LogP contribution in [0.1, 0.15) is 19.4 Å². The Morgan fingerprint density at radius 2 is 2.06 bits per heavy atom. The lowest BCUT2D eigenvalue weighted by Crippen LogP contribution is -2.45. The van der Waals surface area contributed by atoms with Crippen molar-refractivity contribution in [3.05, 3.63) is 23.9 Å². The number of nitrogens with zero attached hydrogens (tertiary/aromatic N) is 2. The van der Waals surface area contributed by atoms with Crippen LogP contribution in [0.3, 0.4) is 0 Å². The second kappa shape index (κ2) is 5.47. The minimum absolute atomic E-state index is 0.275. The van der Waals surface area contributed by atoms with Crippen LogP contribution in [0.25, 0.3) is 0 Å². The van der Waals surface area contributed by atoms with Gasteiger partial charge in [0.15, 0.2) is 0 Å². The first-order chi connectivity index (χ1) is 8.19. The first-order valence-electron chi connectivity index (χ1n) is 6.19. The Labute approximate surface area is 103 Å². The van der Waals surface area contributed by atoms with Gasteiger partial charge < -0.3 is 15.0 Å². The fourth-order valence-electron chi connectivity index (χ4n) is 2.28. The number of pyridine rings is 1. The monoisotopic (exact) mass is 235 g/mol. The molecule has 0 saturated carbocycles. The summed E-state index contributed by atoms with van der Waals surface area (Å²) in [5.74, 6) is 1.05. The maximum atomic E-state index is 5.72. The van der Waals surface area contributed by atoms with Gasteiger partial charge in [-0.3, -0.25) is 0 Å². The zero-order chi connectivity index (χ0) is 12.3. The molecular formula is C13H21N3O. The van der Waals surface area contributed by atoms with Crippen molar-refractivity contribution in [1.82, 2.24) is 10.3 Å². The number of aromatic nitrogens is 1. The first-order valence-corrected chi connectivity index (χ1v) is 6.19. The topological polar surface area (TPSA) is 37.4 Å². The van der Waals surface area contributed by atoms with Crippen LogP contribution >= 0.6 is 0 Å². The third-order valence-electron chi connectivity index (χ3n) is 2.93. The van der Waals surface area contributed by atoms with E-state index < -0.39 is 0 Å². The molecule has 4 heteroatoms. The highest BCUT2D eigenvalue weighted by atomic mass is 16.5. The SMILES string of the molecule is CNCc1ccc(N2C[C@@H](C)O[C@@H](C)C2)nc1. The lowest BCUT2D eigenvalue weighted by molar-refractivity contribution is -0.00545. The minimum atomic E-state index is 0.275. The minimum Gasteiger partial charge on any atom is -0.372 e. The van der Waals surface area contributed by atoms with Gasteiger partial charge in [0, 0.05) is 25.8 Å². The van der Waals surface area contributed by atoms with Crippen molar-refractivity contribution in [2.75, 3.05) is 25.0 Å². The Morgan fingerprint density at radius 3 is 2.59 bits per heavy atom. The molecule has 1 saturated heterocycles. The molecule has 0 spiro atoms. The Bertz CT molecular complexity index is 342. The molecule has 1 aliphatic rings. The third-order valence-corrected chi connectivity index (χ3v) is 2.93. The first kappa shape index (κ1) is 12.3. The Kier molecular flexibility index (Phi) is 3.97. The molecule has 1 aromatic rings. The zero-order valence-electron chi connectivity index (χ0n) is 10.8. The number of ether oxygens (including phenoxy) is 1. The molecule has 1 fully saturated rings. The van der Waals surface area contributed by atoms with E-state index in [1.807, 2.05) is 13.2 Å². The number of hydrogen-bond donors (Lipinski definition) is 1. The Balaban J connectivity index is 2.06. The molecule has 2 atom stereocenters. The fourth-order valence-corrected chi connectivity index (χ4v) is 2.28. The molecule has 0 aromatic carbocycles. The van der Waals surface area contributed by atoms with Crippen LogP contribution in [0.15, 0.2) is 18.3 Å². The Hall–Kier alpha value is -1.13. The van der Waals surface area contributed by atoms with E-state index in [9.17, 15) is 0 Å². The maximum absolute atomic E-state index is 5.72. The van der Waals surface area contributed by atoms with Gasteiger partial charge in [-0.2, -0.15) is 0 Å². The summed E-state index contributed by atoms with van der Waals surface area (Å²) in [6.45, 7) is 6.92. The average Bonchev–Trinajstić information content (AvgIpc) is 2.29. The Morgan fingerprint density at radius 1 is 1.35 bits per heavy atom. The maximum Gasteiger partial charge on any atom is 0.128 e. The fraction of sp³-hybridized carbons (Fsp3) is 0.615. The van der Waals surface area contributed by atoms with Gasteiger partial charge in [0.2, 0.25) is 0 Å². The summed E-state index contributed by atoms with van der Waals surface area (Å²) in [5.41, 5.74) is 1.21. The van der Waals surface area contributed by atoms with E-state index in [1.54, 1.807) is 0 Å². The lowest BCUT2D eigenvalue weighted by Gasteiger charge is -2.36. The summed E-state index contributed by atoms with van der Waals surface area (Å²) in [5, 5.41) is 3.12. The van der Waals surface area contributed by atoms with Gasteiger partial charge in [-0.25, -0.2) is 4.98 Å². The van der Waals surface area contributed by atoms with Crippen molar-refractivity contribution in [3.63, 3.8) is 0 Å². The molecule has 0 unspecified atom stereocenters. The molecule has 1 aliphatic heterocycles. The molecule has 0 radical (unpaired) electrons. The molecule has 0 bridgehead atoms. The number of morpholine rings is 1. The molecule has 17 heavy (non-hydrogen) atoms. The highest BCUT2D eigenvalue weighted by Gasteiger charge is 2.22. The van der Waals surface area contributed by atoms with E-state index in [4.69, 9.17) is 4.74 Å². The molecular weight excluding hydrogens is 214 g/mol. The number of anilines is 1. The zero-order valence-corrected chi connectivity index (χ0v) is 10.8. The molecule has 4 nitrogen and oxygen atoms in total. The van der Waals surface area contributed by atoms with E-state index in [2.05, 4.69) is 41.2 Å². The molecule has 1 N–H and O–H groups in total. The van der Waals surface area contributed by atoms with E-state index in [-0.39, 0.29) is 12.2 Å². The van der Waals surface area contributed by atoms with E-state index >= 15 is 0 Å². The molecule has 2 heterocycles. The summed E-state index contributed by atoms with van der Waals surface area (Å²) < 4.78 is 5.72. The standard InChI is InChI=1S/C13H21N3O/c1-10-8-16(9-11(2)17-10)13-5-4-12(6-14-3)7-15-13/h4-5,7,10-11,14H,6,8-9H2,1-3H3/t10-,11+. The van der Waals surface area contributed by atoms with Crippen molar-refractivity contribution in [2.45, 2.75) is 32.6 Å². The predicted octanol–water partition coefficient (Wildman–Crippen LogP) is 1.41. The predicted molar refractivity (Wildman–Crippen MR) is 69.2 cm³/mol. The van der Waals surface area contributed by atoms with E-state index in [0.717, 1.165) is 25.5 Å². The van der Waals surface area contributed by atoms with Crippen LogP contribution in [0, 0.1) is 0 Å². The van der Waals surface area contributed by atoms with Gasteiger partial charge in [0.25, 0.3) is 0 Å². The lowest BCUT2D eigenvalue weighted by atomic mass is 10.2. The summed E-state index contributed by atoms with van der Waals surface area (Å²) in [4.78, 5) is 6.81. The van der Waals surface area contributed by atoms with E-state index in [0.29, 0.717) is 0 Å². The quantitative estimate of drug-likeness (QED) is 0.859. The van der Waals surface area contributed by atoms with Crippen LogP contribution in [0.2, 0.25) is 0 Å². The number of rotatable bonds is 3. The molecule has 2 rings (SSSR count). The highest BCUT2D eigenvalue weighted by Crippen LogP contribution is 2.18. The second-order valence-electron chi connectivity index (χ2n) is 4.72. The molecule has 1 aromatic heterocycles. The largest absolute Gasteiger partial charge is 0.372 e. The highest BCUT2D eigenvalue weighted by molar-refractivity contribution is 5.40. The van der Waals surface area contributed by atoms with Crippen LogP contribution in [0.4, 0.5) is 5.82 Å². The van der Waals surface area contributed by atoms with Crippen molar-refractivity contribution in [2.24, 2.45) is 0 Å². The molecule has 0 aliphatic carbocycles. The van der Waals surface area contributed by atoms with Gasteiger partial charge in [0.05, 0.1) is 12.2 Å². The van der Waals surface area contributed by atoms with Crippen LogP contribution in [0.5, 0.6) is 0 Å². The average molecular weight is 235 g/mol. The normalized spacial score (nSPS) is 25.0. The smallest absolute Gasteiger partial charge is 0.128 e. The van der Waals surface area contributed by atoms with Gasteiger partial charge in [0.1, 0.15) is 5.82 Å². The van der Waals surface area contributed by atoms with Crippen molar-refractivity contribution < 1.29 is 4.74 Å². The van der Waals surface area contributed by atoms with Gasteiger partial charge in [-0.05, 0) is 32.5 Å². The number of nitrogens with one attached hydrogen (secondary N) is 1. The van der Waals surface area contributed by atoms with Crippen LogP contribution in [-0.2, 0) is 11.3 Å². The molecule has 94 valence electrons. The van der Waals surface area contributed by atoms with Gasteiger partial charge in [-0.15, -0.1) is 0 Å². The van der Waals surface area contributed by atoms with Crippen molar-refractivity contribution in [1.29, 1.82) is 0 Å². The summed E-state index contributed by atoms with van der Waals surface area (Å²) in [6, 6.07) is 4.22. The third kappa shape index (κ3) is 3.17. The van der Waals surface area contributed by atoms with Crippen LogP contribution < -0.4 is 10.2 Å². The summed E-state index contributed by atoms with van der Waals surface area (Å²) in [6.07, 6.45) is 2.49. The summed E-state index contributed by atoms with van der Waals surface area (Å²) in [7, 11) is 1.94. The van der Waals surface area contributed by atoms with Crippen molar-refractivity contribution >= 4 is 5.82 Å². The van der Waals surface area contributed by atoms with Gasteiger partial charge in [-0.1, -0.05) is 6.07 Å². The summed E-state index contributed by atoms with van der Waals surface area (Å²) >= 11 is 0. The van der Waals surface area contributed by atoms with Crippen LogP contribution in [-0.4, -0.2) is 37.3 Å². The van der Waals surface area contributed by atoms with Gasteiger partial charge >= 0.3 is 0 Å². The number of hydrogen-bond acceptors (Lipinski definition) is 4. The molecule has 0 amide bonds. The second-order valence-corrected chi connectivity index (χ2v) is 4.72.